The Hall–Kier alpha value is -0.940. The predicted octanol–water partition coefficient (Wildman–Crippen LogP) is 1.80. The molecule has 0 aromatic carbocycles. The van der Waals surface area contributed by atoms with Gasteiger partial charge in [-0.15, -0.1) is 11.3 Å². The minimum absolute atomic E-state index is 0.243. The van der Waals surface area contributed by atoms with Crippen molar-refractivity contribution in [1.29, 1.82) is 0 Å². The van der Waals surface area contributed by atoms with Gasteiger partial charge in [0.05, 0.1) is 11.6 Å². The smallest absolute Gasteiger partial charge is 0.222 e. The van der Waals surface area contributed by atoms with Crippen LogP contribution in [0.25, 0.3) is 0 Å². The van der Waals surface area contributed by atoms with Crippen molar-refractivity contribution in [3.63, 3.8) is 0 Å². The second-order valence-electron chi connectivity index (χ2n) is 4.99. The summed E-state index contributed by atoms with van der Waals surface area (Å²) in [7, 11) is 1.88. The van der Waals surface area contributed by atoms with Gasteiger partial charge in [0.2, 0.25) is 5.91 Å². The summed E-state index contributed by atoms with van der Waals surface area (Å²) in [4.78, 5) is 19.2. The molecule has 1 N–H and O–H groups in total. The Morgan fingerprint density at radius 2 is 2.50 bits per heavy atom. The highest BCUT2D eigenvalue weighted by Gasteiger charge is 2.17. The van der Waals surface area contributed by atoms with Crippen molar-refractivity contribution in [2.45, 2.75) is 32.7 Å². The quantitative estimate of drug-likeness (QED) is 0.885. The first-order chi connectivity index (χ1) is 8.65. The van der Waals surface area contributed by atoms with Crippen LogP contribution in [0.1, 0.15) is 29.1 Å². The lowest BCUT2D eigenvalue weighted by atomic mass is 10.0. The number of amides is 1. The molecule has 1 aromatic heterocycles. The van der Waals surface area contributed by atoms with Gasteiger partial charge >= 0.3 is 0 Å². The molecular formula is C13H21N3OS. The van der Waals surface area contributed by atoms with Crippen LogP contribution in [0.2, 0.25) is 0 Å². The average Bonchev–Trinajstić information content (AvgIpc) is 2.97. The Bertz CT molecular complexity index is 399. The lowest BCUT2D eigenvalue weighted by molar-refractivity contribution is -0.130. The standard InChI is InChI=1S/C13H21N3OS/c1-10-15-8-12(18-10)9-16(2)13(17)4-3-11-5-6-14-7-11/h8,11,14H,3-7,9H2,1-2H3. The van der Waals surface area contributed by atoms with Gasteiger partial charge in [-0.25, -0.2) is 4.98 Å². The maximum absolute atomic E-state index is 12.0. The van der Waals surface area contributed by atoms with Gasteiger partial charge in [-0.1, -0.05) is 0 Å². The van der Waals surface area contributed by atoms with Gasteiger partial charge in [0.15, 0.2) is 0 Å². The number of hydrogen-bond acceptors (Lipinski definition) is 4. The third kappa shape index (κ3) is 3.78. The summed E-state index contributed by atoms with van der Waals surface area (Å²) in [5.41, 5.74) is 0. The minimum Gasteiger partial charge on any atom is -0.341 e. The Kier molecular flexibility index (Phi) is 4.72. The fourth-order valence-corrected chi connectivity index (χ4v) is 3.13. The summed E-state index contributed by atoms with van der Waals surface area (Å²) in [6, 6.07) is 0. The van der Waals surface area contributed by atoms with Crippen LogP contribution >= 0.6 is 11.3 Å². The summed E-state index contributed by atoms with van der Waals surface area (Å²) in [6.07, 6.45) is 4.76. The number of carbonyl (C=O) groups is 1. The number of rotatable bonds is 5. The SMILES string of the molecule is Cc1ncc(CN(C)C(=O)CCC2CCNC2)s1. The molecule has 0 saturated carbocycles. The molecule has 100 valence electrons. The Morgan fingerprint density at radius 1 is 1.67 bits per heavy atom. The van der Waals surface area contributed by atoms with Crippen LogP contribution in [-0.4, -0.2) is 35.9 Å². The molecule has 1 aliphatic heterocycles. The Balaban J connectivity index is 1.74. The van der Waals surface area contributed by atoms with Crippen LogP contribution in [0, 0.1) is 12.8 Å². The van der Waals surface area contributed by atoms with Gasteiger partial charge in [0, 0.05) is 24.5 Å². The third-order valence-electron chi connectivity index (χ3n) is 3.42. The van der Waals surface area contributed by atoms with Gasteiger partial charge in [-0.3, -0.25) is 4.79 Å². The summed E-state index contributed by atoms with van der Waals surface area (Å²) >= 11 is 1.66. The number of nitrogens with one attached hydrogen (secondary N) is 1. The Labute approximate surface area is 112 Å². The molecule has 0 aliphatic carbocycles. The van der Waals surface area contributed by atoms with Crippen molar-refractivity contribution in [1.82, 2.24) is 15.2 Å². The summed E-state index contributed by atoms with van der Waals surface area (Å²) in [5.74, 6) is 0.931. The van der Waals surface area contributed by atoms with Crippen molar-refractivity contribution in [2.75, 3.05) is 20.1 Å². The molecule has 0 bridgehead atoms. The lowest BCUT2D eigenvalue weighted by Crippen LogP contribution is -2.26. The molecule has 1 amide bonds. The van der Waals surface area contributed by atoms with Crippen LogP contribution in [0.4, 0.5) is 0 Å². The van der Waals surface area contributed by atoms with E-state index in [0.29, 0.717) is 18.9 Å². The highest BCUT2D eigenvalue weighted by atomic mass is 32.1. The number of carbonyl (C=O) groups excluding carboxylic acids is 1. The largest absolute Gasteiger partial charge is 0.341 e. The fraction of sp³-hybridized carbons (Fsp3) is 0.692. The van der Waals surface area contributed by atoms with E-state index in [1.165, 1.54) is 6.42 Å². The molecule has 2 rings (SSSR count). The average molecular weight is 267 g/mol. The summed E-state index contributed by atoms with van der Waals surface area (Å²) in [6.45, 7) is 4.86. The van der Waals surface area contributed by atoms with Gasteiger partial charge in [0.25, 0.3) is 0 Å². The maximum Gasteiger partial charge on any atom is 0.222 e. The molecule has 2 heterocycles. The highest BCUT2D eigenvalue weighted by molar-refractivity contribution is 7.11. The predicted molar refractivity (Wildman–Crippen MR) is 73.5 cm³/mol. The molecule has 1 saturated heterocycles. The van der Waals surface area contributed by atoms with E-state index in [9.17, 15) is 4.79 Å². The first-order valence-electron chi connectivity index (χ1n) is 6.51. The van der Waals surface area contributed by atoms with Gasteiger partial charge in [-0.2, -0.15) is 0 Å². The van der Waals surface area contributed by atoms with E-state index in [0.717, 1.165) is 29.4 Å². The van der Waals surface area contributed by atoms with Gasteiger partial charge in [-0.05, 0) is 38.8 Å². The number of thiazole rings is 1. The molecule has 1 unspecified atom stereocenters. The third-order valence-corrected chi connectivity index (χ3v) is 4.31. The maximum atomic E-state index is 12.0. The number of hydrogen-bond donors (Lipinski definition) is 1. The number of nitrogens with zero attached hydrogens (tertiary/aromatic N) is 2. The lowest BCUT2D eigenvalue weighted by Gasteiger charge is -2.17. The highest BCUT2D eigenvalue weighted by Crippen LogP contribution is 2.17. The van der Waals surface area contributed by atoms with Crippen LogP contribution in [0.3, 0.4) is 0 Å². The van der Waals surface area contributed by atoms with Crippen molar-refractivity contribution >= 4 is 17.2 Å². The molecule has 1 fully saturated rings. The zero-order valence-electron chi connectivity index (χ0n) is 11.1. The van der Waals surface area contributed by atoms with Crippen molar-refractivity contribution in [3.8, 4) is 0 Å². The monoisotopic (exact) mass is 267 g/mol. The van der Waals surface area contributed by atoms with Crippen molar-refractivity contribution in [2.24, 2.45) is 5.92 Å². The first-order valence-corrected chi connectivity index (χ1v) is 7.33. The van der Waals surface area contributed by atoms with Crippen LogP contribution < -0.4 is 5.32 Å². The summed E-state index contributed by atoms with van der Waals surface area (Å²) < 4.78 is 0. The van der Waals surface area contributed by atoms with Crippen molar-refractivity contribution < 1.29 is 4.79 Å². The molecular weight excluding hydrogens is 246 g/mol. The molecule has 4 nitrogen and oxygen atoms in total. The van der Waals surface area contributed by atoms with E-state index >= 15 is 0 Å². The Morgan fingerprint density at radius 3 is 3.11 bits per heavy atom. The van der Waals surface area contributed by atoms with Crippen LogP contribution in [0.5, 0.6) is 0 Å². The van der Waals surface area contributed by atoms with E-state index in [1.54, 1.807) is 11.3 Å². The molecule has 1 atom stereocenters. The molecule has 5 heteroatoms. The minimum atomic E-state index is 0.243. The molecule has 1 aliphatic rings. The topological polar surface area (TPSA) is 45.2 Å². The number of aryl methyl sites for hydroxylation is 1. The second kappa shape index (κ2) is 6.29. The van der Waals surface area contributed by atoms with Gasteiger partial charge in [0.1, 0.15) is 0 Å². The van der Waals surface area contributed by atoms with E-state index in [-0.39, 0.29) is 5.91 Å². The van der Waals surface area contributed by atoms with E-state index in [1.807, 2.05) is 25.1 Å². The van der Waals surface area contributed by atoms with E-state index in [2.05, 4.69) is 10.3 Å². The number of aromatic nitrogens is 1. The van der Waals surface area contributed by atoms with Crippen LogP contribution in [-0.2, 0) is 11.3 Å². The molecule has 0 spiro atoms. The fourth-order valence-electron chi connectivity index (χ4n) is 2.28. The molecule has 1 aromatic rings. The van der Waals surface area contributed by atoms with E-state index < -0.39 is 0 Å². The molecule has 0 radical (unpaired) electrons. The molecule has 18 heavy (non-hydrogen) atoms. The van der Waals surface area contributed by atoms with E-state index in [4.69, 9.17) is 0 Å². The zero-order chi connectivity index (χ0) is 13.0. The first kappa shape index (κ1) is 13.5. The zero-order valence-corrected chi connectivity index (χ0v) is 11.9. The van der Waals surface area contributed by atoms with Gasteiger partial charge < -0.3 is 10.2 Å². The second-order valence-corrected chi connectivity index (χ2v) is 6.31. The normalized spacial score (nSPS) is 19.1. The van der Waals surface area contributed by atoms with Crippen molar-refractivity contribution in [3.05, 3.63) is 16.1 Å². The summed E-state index contributed by atoms with van der Waals surface area (Å²) in [5, 5.41) is 4.39. The van der Waals surface area contributed by atoms with Crippen LogP contribution in [0.15, 0.2) is 6.20 Å².